The lowest BCUT2D eigenvalue weighted by atomic mass is 10.1. The van der Waals surface area contributed by atoms with Crippen molar-refractivity contribution in [2.24, 2.45) is 0 Å². The summed E-state index contributed by atoms with van der Waals surface area (Å²) in [6.45, 7) is 5.23. The largest absolute Gasteiger partial charge is 0.326 e. The van der Waals surface area contributed by atoms with E-state index in [9.17, 15) is 14.4 Å². The topological polar surface area (TPSA) is 117 Å². The standard InChI is InChI=1S/C21H21N5O3S/c1-12-4-7-15(8-5-12)23-18(28)11-30-21-24-20(29)19(25-26-21)16-10-13(2)6-9-17(16)22-14(3)27/h4-10H,11H2,1-3H3,(H,22,27)(H,23,28)(H,24,26,29). The maximum atomic E-state index is 12.6. The van der Waals surface area contributed by atoms with Crippen molar-refractivity contribution in [1.29, 1.82) is 0 Å². The van der Waals surface area contributed by atoms with Gasteiger partial charge in [-0.15, -0.1) is 10.2 Å². The van der Waals surface area contributed by atoms with Gasteiger partial charge in [-0.3, -0.25) is 19.4 Å². The molecule has 2 aromatic carbocycles. The average molecular weight is 423 g/mol. The van der Waals surface area contributed by atoms with Crippen molar-refractivity contribution in [3.63, 3.8) is 0 Å². The lowest BCUT2D eigenvalue weighted by molar-refractivity contribution is -0.114. The summed E-state index contributed by atoms with van der Waals surface area (Å²) < 4.78 is 0. The second kappa shape index (κ2) is 9.36. The van der Waals surface area contributed by atoms with Crippen LogP contribution in [0.3, 0.4) is 0 Å². The molecule has 154 valence electrons. The molecule has 0 radical (unpaired) electrons. The molecule has 3 aromatic rings. The number of amides is 2. The van der Waals surface area contributed by atoms with Crippen LogP contribution in [0.25, 0.3) is 11.3 Å². The third-order valence-electron chi connectivity index (χ3n) is 4.09. The molecule has 9 heteroatoms. The molecule has 0 saturated heterocycles. The number of aromatic nitrogens is 3. The van der Waals surface area contributed by atoms with Crippen molar-refractivity contribution in [3.05, 3.63) is 63.9 Å². The number of carbonyl (C=O) groups excluding carboxylic acids is 2. The second-order valence-electron chi connectivity index (χ2n) is 6.74. The van der Waals surface area contributed by atoms with E-state index in [1.54, 1.807) is 12.1 Å². The van der Waals surface area contributed by atoms with Crippen LogP contribution in [0.1, 0.15) is 18.1 Å². The highest BCUT2D eigenvalue weighted by molar-refractivity contribution is 7.99. The molecule has 8 nitrogen and oxygen atoms in total. The molecule has 0 aliphatic carbocycles. The highest BCUT2D eigenvalue weighted by Gasteiger charge is 2.14. The molecule has 2 amide bonds. The zero-order valence-corrected chi connectivity index (χ0v) is 17.6. The van der Waals surface area contributed by atoms with E-state index < -0.39 is 5.56 Å². The number of rotatable bonds is 6. The van der Waals surface area contributed by atoms with Gasteiger partial charge in [-0.1, -0.05) is 41.1 Å². The fourth-order valence-electron chi connectivity index (χ4n) is 2.68. The van der Waals surface area contributed by atoms with E-state index in [2.05, 4.69) is 25.8 Å². The first kappa shape index (κ1) is 21.3. The molecular formula is C21H21N5O3S. The molecule has 0 aliphatic heterocycles. The minimum absolute atomic E-state index is 0.0689. The molecule has 3 rings (SSSR count). The Labute approximate surface area is 177 Å². The number of benzene rings is 2. The summed E-state index contributed by atoms with van der Waals surface area (Å²) in [5.74, 6) is -0.405. The molecule has 0 unspecified atom stereocenters. The van der Waals surface area contributed by atoms with E-state index in [1.165, 1.54) is 6.92 Å². The van der Waals surface area contributed by atoms with Gasteiger partial charge in [0.05, 0.1) is 11.4 Å². The zero-order valence-electron chi connectivity index (χ0n) is 16.8. The molecule has 0 bridgehead atoms. The van der Waals surface area contributed by atoms with Crippen molar-refractivity contribution in [1.82, 2.24) is 15.2 Å². The first-order valence-electron chi connectivity index (χ1n) is 9.17. The molecular weight excluding hydrogens is 402 g/mol. The Bertz CT molecular complexity index is 1140. The Hall–Kier alpha value is -3.46. The van der Waals surface area contributed by atoms with E-state index in [4.69, 9.17) is 0 Å². The van der Waals surface area contributed by atoms with Gasteiger partial charge in [0.25, 0.3) is 5.56 Å². The van der Waals surface area contributed by atoms with Gasteiger partial charge in [-0.25, -0.2) is 0 Å². The molecule has 0 atom stereocenters. The third kappa shape index (κ3) is 5.54. The Balaban J connectivity index is 1.72. The number of nitrogens with zero attached hydrogens (tertiary/aromatic N) is 2. The van der Waals surface area contributed by atoms with Crippen LogP contribution in [0.5, 0.6) is 0 Å². The van der Waals surface area contributed by atoms with Crippen LogP contribution >= 0.6 is 11.8 Å². The highest BCUT2D eigenvalue weighted by atomic mass is 32.2. The van der Waals surface area contributed by atoms with Crippen LogP contribution in [0, 0.1) is 13.8 Å². The van der Waals surface area contributed by atoms with Crippen LogP contribution in [0.4, 0.5) is 11.4 Å². The summed E-state index contributed by atoms with van der Waals surface area (Å²) in [4.78, 5) is 38.8. The van der Waals surface area contributed by atoms with Gasteiger partial charge in [0, 0.05) is 18.2 Å². The Morgan fingerprint density at radius 1 is 1.00 bits per heavy atom. The van der Waals surface area contributed by atoms with Crippen molar-refractivity contribution in [2.45, 2.75) is 25.9 Å². The normalized spacial score (nSPS) is 10.5. The van der Waals surface area contributed by atoms with Gasteiger partial charge in [-0.05, 0) is 38.1 Å². The molecule has 1 aromatic heterocycles. The number of hydrogen-bond acceptors (Lipinski definition) is 6. The summed E-state index contributed by atoms with van der Waals surface area (Å²) in [5, 5.41) is 13.8. The maximum absolute atomic E-state index is 12.6. The third-order valence-corrected chi connectivity index (χ3v) is 4.96. The highest BCUT2D eigenvalue weighted by Crippen LogP contribution is 2.25. The van der Waals surface area contributed by atoms with Crippen molar-refractivity contribution < 1.29 is 9.59 Å². The van der Waals surface area contributed by atoms with E-state index in [0.29, 0.717) is 16.9 Å². The van der Waals surface area contributed by atoms with Crippen molar-refractivity contribution in [3.8, 4) is 11.3 Å². The number of thioether (sulfide) groups is 1. The van der Waals surface area contributed by atoms with Gasteiger partial charge in [0.2, 0.25) is 11.8 Å². The number of aryl methyl sites for hydroxylation is 2. The van der Waals surface area contributed by atoms with Crippen LogP contribution in [0.2, 0.25) is 0 Å². The second-order valence-corrected chi connectivity index (χ2v) is 7.71. The molecule has 30 heavy (non-hydrogen) atoms. The number of carbonyl (C=O) groups is 2. The minimum atomic E-state index is -0.455. The summed E-state index contributed by atoms with van der Waals surface area (Å²) in [5.41, 5.74) is 3.31. The molecule has 0 aliphatic rings. The smallest absolute Gasteiger partial charge is 0.278 e. The zero-order chi connectivity index (χ0) is 21.7. The summed E-state index contributed by atoms with van der Waals surface area (Å²) in [7, 11) is 0. The Kier molecular flexibility index (Phi) is 6.63. The van der Waals surface area contributed by atoms with Gasteiger partial charge in [0.1, 0.15) is 0 Å². The molecule has 3 N–H and O–H groups in total. The molecule has 0 spiro atoms. The summed E-state index contributed by atoms with van der Waals surface area (Å²) >= 11 is 1.08. The lowest BCUT2D eigenvalue weighted by Crippen LogP contribution is -2.18. The summed E-state index contributed by atoms with van der Waals surface area (Å²) in [6, 6.07) is 12.8. The Morgan fingerprint density at radius 3 is 2.37 bits per heavy atom. The SMILES string of the molecule is CC(=O)Nc1ccc(C)cc1-c1nnc(SCC(=O)Nc2ccc(C)cc2)[nH]c1=O. The van der Waals surface area contributed by atoms with Gasteiger partial charge < -0.3 is 10.6 Å². The monoisotopic (exact) mass is 423 g/mol. The quantitative estimate of drug-likeness (QED) is 0.525. The predicted molar refractivity (Wildman–Crippen MR) is 118 cm³/mol. The van der Waals surface area contributed by atoms with E-state index in [-0.39, 0.29) is 28.4 Å². The number of anilines is 2. The predicted octanol–water partition coefficient (Wildman–Crippen LogP) is 3.14. The first-order valence-corrected chi connectivity index (χ1v) is 10.2. The molecule has 0 fully saturated rings. The van der Waals surface area contributed by atoms with E-state index >= 15 is 0 Å². The lowest BCUT2D eigenvalue weighted by Gasteiger charge is -2.10. The fraction of sp³-hybridized carbons (Fsp3) is 0.190. The van der Waals surface area contributed by atoms with Crippen LogP contribution < -0.4 is 16.2 Å². The molecule has 0 saturated carbocycles. The van der Waals surface area contributed by atoms with Crippen LogP contribution in [-0.2, 0) is 9.59 Å². The van der Waals surface area contributed by atoms with Gasteiger partial charge in [-0.2, -0.15) is 0 Å². The number of H-pyrrole nitrogens is 1. The van der Waals surface area contributed by atoms with E-state index in [0.717, 1.165) is 22.9 Å². The number of hydrogen-bond donors (Lipinski definition) is 3. The maximum Gasteiger partial charge on any atom is 0.278 e. The number of nitrogens with one attached hydrogen (secondary N) is 3. The number of aromatic amines is 1. The molecule has 1 heterocycles. The van der Waals surface area contributed by atoms with Crippen LogP contribution in [0.15, 0.2) is 52.4 Å². The first-order chi connectivity index (χ1) is 14.3. The van der Waals surface area contributed by atoms with E-state index in [1.807, 2.05) is 44.2 Å². The van der Waals surface area contributed by atoms with Crippen molar-refractivity contribution >= 4 is 35.0 Å². The fourth-order valence-corrected chi connectivity index (χ4v) is 3.29. The van der Waals surface area contributed by atoms with Gasteiger partial charge in [0.15, 0.2) is 10.9 Å². The van der Waals surface area contributed by atoms with Crippen LogP contribution in [-0.4, -0.2) is 32.7 Å². The minimum Gasteiger partial charge on any atom is -0.326 e. The van der Waals surface area contributed by atoms with Gasteiger partial charge >= 0.3 is 0 Å². The average Bonchev–Trinajstić information content (AvgIpc) is 2.69. The van der Waals surface area contributed by atoms with Crippen molar-refractivity contribution in [2.75, 3.05) is 16.4 Å². The Morgan fingerprint density at radius 2 is 1.70 bits per heavy atom. The summed E-state index contributed by atoms with van der Waals surface area (Å²) in [6.07, 6.45) is 0.